The molecule has 0 radical (unpaired) electrons. The summed E-state index contributed by atoms with van der Waals surface area (Å²) in [5.74, 6) is -0.686. The van der Waals surface area contributed by atoms with Crippen LogP contribution in [0.3, 0.4) is 0 Å². The van der Waals surface area contributed by atoms with Crippen LogP contribution < -0.4 is 5.32 Å². The van der Waals surface area contributed by atoms with E-state index in [1.54, 1.807) is 0 Å². The number of unbranched alkanes of at least 4 members (excludes halogenated alkanes) is 10. The Balaban J connectivity index is 2.71. The van der Waals surface area contributed by atoms with Gasteiger partial charge in [-0.1, -0.05) is 90.9 Å². The van der Waals surface area contributed by atoms with Crippen molar-refractivity contribution in [3.63, 3.8) is 0 Å². The number of amides is 1. The molecule has 13 nitrogen and oxygen atoms in total. The number of aliphatic hydroxyl groups is 5. The second-order valence-corrected chi connectivity index (χ2v) is 11.9. The summed E-state index contributed by atoms with van der Waals surface area (Å²) in [4.78, 5) is 12.7. The molecule has 0 aromatic heterocycles. The molecular weight excluding hydrogens is 562 g/mol. The summed E-state index contributed by atoms with van der Waals surface area (Å²) in [6, 6.07) is -1.02. The number of ether oxygens (including phenoxy) is 2. The average molecular weight is 616 g/mol. The Morgan fingerprint density at radius 3 is 1.98 bits per heavy atom. The maximum atomic E-state index is 12.7. The Bertz CT molecular complexity index is 801. The molecule has 14 heteroatoms. The largest absolute Gasteiger partial charge is 0.397 e. The lowest BCUT2D eigenvalue weighted by Gasteiger charge is -2.41. The van der Waals surface area contributed by atoms with Crippen LogP contribution in [-0.2, 0) is 28.9 Å². The first-order valence-electron chi connectivity index (χ1n) is 15.0. The molecule has 1 heterocycles. The van der Waals surface area contributed by atoms with Crippen LogP contribution in [0.5, 0.6) is 0 Å². The Kier molecular flexibility index (Phi) is 19.4. The maximum absolute atomic E-state index is 12.7. The molecule has 1 fully saturated rings. The van der Waals surface area contributed by atoms with Gasteiger partial charge < -0.3 is 40.3 Å². The minimum absolute atomic E-state index is 0.260. The second kappa shape index (κ2) is 20.9. The summed E-state index contributed by atoms with van der Waals surface area (Å²) in [7, 11) is -5.08. The first-order chi connectivity index (χ1) is 19.4. The quantitative estimate of drug-likeness (QED) is 0.0641. The van der Waals surface area contributed by atoms with Crippen LogP contribution in [0.15, 0.2) is 0 Å². The average Bonchev–Trinajstić information content (AvgIpc) is 2.92. The van der Waals surface area contributed by atoms with E-state index in [1.807, 2.05) is 6.92 Å². The van der Waals surface area contributed by atoms with Crippen LogP contribution in [0, 0.1) is 0 Å². The van der Waals surface area contributed by atoms with Gasteiger partial charge in [-0.2, -0.15) is 8.42 Å². The van der Waals surface area contributed by atoms with E-state index in [9.17, 15) is 38.7 Å². The minimum atomic E-state index is -5.08. The van der Waals surface area contributed by atoms with E-state index in [0.29, 0.717) is 19.3 Å². The maximum Gasteiger partial charge on any atom is 0.397 e. The van der Waals surface area contributed by atoms with Crippen molar-refractivity contribution in [2.24, 2.45) is 0 Å². The highest BCUT2D eigenvalue weighted by molar-refractivity contribution is 7.80. The summed E-state index contributed by atoms with van der Waals surface area (Å²) in [5, 5.41) is 53.9. The summed E-state index contributed by atoms with van der Waals surface area (Å²) < 4.78 is 46.6. The molecule has 8 atom stereocenters. The van der Waals surface area contributed by atoms with Crippen molar-refractivity contribution in [3.05, 3.63) is 0 Å². The highest BCUT2D eigenvalue weighted by Gasteiger charge is 2.48. The van der Waals surface area contributed by atoms with E-state index in [4.69, 9.17) is 14.0 Å². The van der Waals surface area contributed by atoms with Crippen LogP contribution in [0.2, 0.25) is 0 Å². The van der Waals surface area contributed by atoms with E-state index in [0.717, 1.165) is 32.1 Å². The van der Waals surface area contributed by atoms with Crippen molar-refractivity contribution < 1.29 is 57.0 Å². The molecule has 7 N–H and O–H groups in total. The first-order valence-corrected chi connectivity index (χ1v) is 16.4. The molecule has 244 valence electrons. The number of carbonyl (C=O) groups excluding carboxylic acids is 1. The molecule has 1 rings (SSSR count). The second-order valence-electron chi connectivity index (χ2n) is 10.8. The molecule has 41 heavy (non-hydrogen) atoms. The van der Waals surface area contributed by atoms with Gasteiger partial charge in [-0.3, -0.25) is 9.35 Å². The lowest BCUT2D eigenvalue weighted by atomic mass is 9.99. The van der Waals surface area contributed by atoms with E-state index in [-0.39, 0.29) is 6.42 Å². The number of nitrogens with one attached hydrogen (secondary N) is 1. The van der Waals surface area contributed by atoms with Gasteiger partial charge in [0.1, 0.15) is 30.5 Å². The van der Waals surface area contributed by atoms with E-state index < -0.39 is 78.5 Å². The van der Waals surface area contributed by atoms with Gasteiger partial charge in [-0.05, 0) is 12.8 Å². The normalized spacial score (nSPS) is 25.5. The van der Waals surface area contributed by atoms with E-state index in [1.165, 1.54) is 32.1 Å². The molecule has 0 bridgehead atoms. The summed E-state index contributed by atoms with van der Waals surface area (Å²) in [6.07, 6.45) is 1.75. The molecule has 8 unspecified atom stereocenters. The van der Waals surface area contributed by atoms with Gasteiger partial charge in [0.25, 0.3) is 0 Å². The summed E-state index contributed by atoms with van der Waals surface area (Å²) in [5.41, 5.74) is 0. The van der Waals surface area contributed by atoms with Crippen LogP contribution in [-0.4, -0.2) is 107 Å². The lowest BCUT2D eigenvalue weighted by molar-refractivity contribution is -0.298. The predicted octanol–water partition coefficient (Wildman–Crippen LogP) is 1.34. The van der Waals surface area contributed by atoms with Gasteiger partial charge >= 0.3 is 10.4 Å². The van der Waals surface area contributed by atoms with Gasteiger partial charge in [0.2, 0.25) is 5.91 Å². The summed E-state index contributed by atoms with van der Waals surface area (Å²) in [6.45, 7) is 2.97. The fourth-order valence-corrected chi connectivity index (χ4v) is 5.26. The Morgan fingerprint density at radius 1 is 0.878 bits per heavy atom. The zero-order valence-corrected chi connectivity index (χ0v) is 25.3. The highest BCUT2D eigenvalue weighted by atomic mass is 32.3. The number of hydrogen-bond acceptors (Lipinski definition) is 11. The topological polar surface area (TPSA) is 212 Å². The molecule has 1 saturated heterocycles. The molecule has 0 aromatic rings. The van der Waals surface area contributed by atoms with Gasteiger partial charge in [-0.15, -0.1) is 0 Å². The molecule has 0 aliphatic carbocycles. The predicted molar refractivity (Wildman–Crippen MR) is 150 cm³/mol. The number of carbonyl (C=O) groups is 1. The Labute approximate surface area is 244 Å². The standard InChI is InChI=1S/C27H53NO12S/c1-3-5-7-8-9-10-11-12-14-16-21(31)26(34)28-19(20(30)15-13-6-4-2)18-38-27-24(33)25(40-41(35,36)37)23(32)22(17-29)39-27/h19-25,27,29-33H,3-18H2,1-2H3,(H,28,34)(H,35,36,37). The van der Waals surface area contributed by atoms with Crippen molar-refractivity contribution >= 4 is 16.3 Å². The minimum Gasteiger partial charge on any atom is -0.394 e. The van der Waals surface area contributed by atoms with Crippen LogP contribution >= 0.6 is 0 Å². The van der Waals surface area contributed by atoms with Crippen LogP contribution in [0.4, 0.5) is 0 Å². The SMILES string of the molecule is CCCCCCCCCCCC(O)C(=O)NC(COC1OC(CO)C(O)C(OS(=O)(=O)O)C1O)C(O)CCCCC. The van der Waals surface area contributed by atoms with Gasteiger partial charge in [0.05, 0.1) is 25.4 Å². The highest BCUT2D eigenvalue weighted by Crippen LogP contribution is 2.26. The fraction of sp³-hybridized carbons (Fsp3) is 0.963. The fourth-order valence-electron chi connectivity index (χ4n) is 4.76. The third kappa shape index (κ3) is 15.4. The van der Waals surface area contributed by atoms with Crippen molar-refractivity contribution in [2.75, 3.05) is 13.2 Å². The smallest absolute Gasteiger partial charge is 0.394 e. The Morgan fingerprint density at radius 2 is 1.41 bits per heavy atom. The molecule has 0 aromatic carbocycles. The van der Waals surface area contributed by atoms with Gasteiger partial charge in [-0.25, -0.2) is 4.18 Å². The zero-order chi connectivity index (χ0) is 30.8. The first kappa shape index (κ1) is 38.1. The lowest BCUT2D eigenvalue weighted by Crippen LogP contribution is -2.61. The number of rotatable bonds is 23. The van der Waals surface area contributed by atoms with Crippen molar-refractivity contribution in [1.29, 1.82) is 0 Å². The zero-order valence-electron chi connectivity index (χ0n) is 24.5. The van der Waals surface area contributed by atoms with E-state index >= 15 is 0 Å². The molecule has 0 spiro atoms. The third-order valence-electron chi connectivity index (χ3n) is 7.27. The van der Waals surface area contributed by atoms with Crippen LogP contribution in [0.1, 0.15) is 104 Å². The number of hydrogen-bond donors (Lipinski definition) is 7. The Hall–Kier alpha value is -0.940. The van der Waals surface area contributed by atoms with Gasteiger partial charge in [0.15, 0.2) is 6.29 Å². The molecule has 0 saturated carbocycles. The van der Waals surface area contributed by atoms with Gasteiger partial charge in [0, 0.05) is 0 Å². The monoisotopic (exact) mass is 615 g/mol. The van der Waals surface area contributed by atoms with Crippen LogP contribution in [0.25, 0.3) is 0 Å². The number of aliphatic hydroxyl groups excluding tert-OH is 5. The molecular formula is C27H53NO12S. The van der Waals surface area contributed by atoms with Crippen molar-refractivity contribution in [3.8, 4) is 0 Å². The van der Waals surface area contributed by atoms with Crippen molar-refractivity contribution in [2.45, 2.75) is 153 Å². The molecule has 1 aliphatic rings. The summed E-state index contributed by atoms with van der Waals surface area (Å²) >= 11 is 0. The molecule has 1 amide bonds. The third-order valence-corrected chi connectivity index (χ3v) is 7.74. The van der Waals surface area contributed by atoms with E-state index in [2.05, 4.69) is 16.4 Å². The molecule has 1 aliphatic heterocycles. The van der Waals surface area contributed by atoms with Crippen molar-refractivity contribution in [1.82, 2.24) is 5.32 Å².